The van der Waals surface area contributed by atoms with E-state index in [1.165, 1.54) is 37.1 Å². The number of likely N-dealkylation sites (tertiary alicyclic amines) is 1. The lowest BCUT2D eigenvalue weighted by atomic mass is 9.94. The monoisotopic (exact) mass is 232 g/mol. The Balaban J connectivity index is 1.96. The van der Waals surface area contributed by atoms with Gasteiger partial charge in [-0.25, -0.2) is 0 Å². The van der Waals surface area contributed by atoms with Crippen LogP contribution in [0.15, 0.2) is 24.3 Å². The van der Waals surface area contributed by atoms with Gasteiger partial charge in [0.1, 0.15) is 0 Å². The second kappa shape index (κ2) is 5.65. The molecule has 0 amide bonds. The highest BCUT2D eigenvalue weighted by Crippen LogP contribution is 2.26. The molecule has 94 valence electrons. The molecule has 1 heterocycles. The van der Waals surface area contributed by atoms with E-state index in [0.717, 1.165) is 12.5 Å². The van der Waals surface area contributed by atoms with Crippen LogP contribution in [-0.2, 0) is 0 Å². The van der Waals surface area contributed by atoms with E-state index in [1.807, 2.05) is 0 Å². The fraction of sp³-hybridized carbons (Fsp3) is 0.600. The first-order valence-electron chi connectivity index (χ1n) is 6.71. The molecule has 2 heteroatoms. The summed E-state index contributed by atoms with van der Waals surface area (Å²) in [6.07, 6.45) is 2.51. The maximum Gasteiger partial charge on any atom is 0.0319 e. The average molecular weight is 232 g/mol. The molecule has 0 aromatic heterocycles. The SMILES string of the molecule is Cc1ccc(C(C)N2CCC(CN)CC2)cc1. The molecule has 1 aromatic rings. The predicted molar refractivity (Wildman–Crippen MR) is 72.9 cm³/mol. The zero-order valence-corrected chi connectivity index (χ0v) is 11.0. The summed E-state index contributed by atoms with van der Waals surface area (Å²) in [7, 11) is 0. The highest BCUT2D eigenvalue weighted by atomic mass is 15.2. The van der Waals surface area contributed by atoms with Crippen molar-refractivity contribution in [1.29, 1.82) is 0 Å². The first-order valence-corrected chi connectivity index (χ1v) is 6.71. The summed E-state index contributed by atoms with van der Waals surface area (Å²) in [4.78, 5) is 2.58. The molecular formula is C15H24N2. The van der Waals surface area contributed by atoms with Crippen molar-refractivity contribution < 1.29 is 0 Å². The lowest BCUT2D eigenvalue weighted by molar-refractivity contribution is 0.143. The summed E-state index contributed by atoms with van der Waals surface area (Å²) >= 11 is 0. The van der Waals surface area contributed by atoms with E-state index in [-0.39, 0.29) is 0 Å². The zero-order chi connectivity index (χ0) is 12.3. The van der Waals surface area contributed by atoms with Gasteiger partial charge in [0.2, 0.25) is 0 Å². The van der Waals surface area contributed by atoms with Gasteiger partial charge in [-0.1, -0.05) is 29.8 Å². The van der Waals surface area contributed by atoms with Gasteiger partial charge in [0.25, 0.3) is 0 Å². The maximum absolute atomic E-state index is 5.73. The van der Waals surface area contributed by atoms with Gasteiger partial charge in [-0.2, -0.15) is 0 Å². The van der Waals surface area contributed by atoms with Crippen LogP contribution in [0.5, 0.6) is 0 Å². The van der Waals surface area contributed by atoms with E-state index in [9.17, 15) is 0 Å². The Kier molecular flexibility index (Phi) is 4.19. The van der Waals surface area contributed by atoms with Crippen LogP contribution in [0.1, 0.15) is 36.9 Å². The van der Waals surface area contributed by atoms with E-state index < -0.39 is 0 Å². The van der Waals surface area contributed by atoms with Gasteiger partial charge in [-0.15, -0.1) is 0 Å². The minimum Gasteiger partial charge on any atom is -0.330 e. The summed E-state index contributed by atoms with van der Waals surface area (Å²) in [5.74, 6) is 0.747. The highest BCUT2D eigenvalue weighted by molar-refractivity contribution is 5.23. The number of rotatable bonds is 3. The van der Waals surface area contributed by atoms with Gasteiger partial charge in [-0.05, 0) is 57.8 Å². The Morgan fingerprint density at radius 2 is 1.82 bits per heavy atom. The zero-order valence-electron chi connectivity index (χ0n) is 11.0. The quantitative estimate of drug-likeness (QED) is 0.868. The fourth-order valence-corrected chi connectivity index (χ4v) is 2.63. The molecule has 1 saturated heterocycles. The van der Waals surface area contributed by atoms with Crippen LogP contribution in [0, 0.1) is 12.8 Å². The fourth-order valence-electron chi connectivity index (χ4n) is 2.63. The Labute approximate surface area is 105 Å². The summed E-state index contributed by atoms with van der Waals surface area (Å²) in [6, 6.07) is 9.47. The minimum atomic E-state index is 0.536. The van der Waals surface area contributed by atoms with Crippen LogP contribution in [0.2, 0.25) is 0 Å². The molecule has 0 bridgehead atoms. The van der Waals surface area contributed by atoms with Gasteiger partial charge in [-0.3, -0.25) is 4.90 Å². The molecule has 2 nitrogen and oxygen atoms in total. The summed E-state index contributed by atoms with van der Waals surface area (Å²) in [5, 5.41) is 0. The number of piperidine rings is 1. The molecule has 0 aliphatic carbocycles. The van der Waals surface area contributed by atoms with Crippen LogP contribution in [-0.4, -0.2) is 24.5 Å². The predicted octanol–water partition coefficient (Wildman–Crippen LogP) is 2.73. The van der Waals surface area contributed by atoms with Crippen molar-refractivity contribution in [1.82, 2.24) is 4.90 Å². The van der Waals surface area contributed by atoms with E-state index in [4.69, 9.17) is 5.73 Å². The third-order valence-electron chi connectivity index (χ3n) is 4.09. The lowest BCUT2D eigenvalue weighted by Crippen LogP contribution is -2.37. The molecule has 0 spiro atoms. The van der Waals surface area contributed by atoms with Crippen molar-refractivity contribution >= 4 is 0 Å². The largest absolute Gasteiger partial charge is 0.330 e. The van der Waals surface area contributed by atoms with E-state index in [1.54, 1.807) is 0 Å². The summed E-state index contributed by atoms with van der Waals surface area (Å²) < 4.78 is 0. The molecule has 2 N–H and O–H groups in total. The number of nitrogens with zero attached hydrogens (tertiary/aromatic N) is 1. The summed E-state index contributed by atoms with van der Waals surface area (Å²) in [5.41, 5.74) is 8.50. The smallest absolute Gasteiger partial charge is 0.0319 e. The van der Waals surface area contributed by atoms with E-state index in [2.05, 4.69) is 43.0 Å². The number of benzene rings is 1. The topological polar surface area (TPSA) is 29.3 Å². The molecule has 1 fully saturated rings. The van der Waals surface area contributed by atoms with Crippen LogP contribution < -0.4 is 5.73 Å². The number of hydrogen-bond acceptors (Lipinski definition) is 2. The van der Waals surface area contributed by atoms with Crippen molar-refractivity contribution in [2.75, 3.05) is 19.6 Å². The Morgan fingerprint density at radius 1 is 1.24 bits per heavy atom. The molecule has 0 radical (unpaired) electrons. The molecular weight excluding hydrogens is 208 g/mol. The van der Waals surface area contributed by atoms with Gasteiger partial charge in [0.05, 0.1) is 0 Å². The normalized spacial score (nSPS) is 20.4. The number of nitrogens with two attached hydrogens (primary N) is 1. The Bertz CT molecular complexity index is 336. The van der Waals surface area contributed by atoms with Gasteiger partial charge in [0, 0.05) is 6.04 Å². The Hall–Kier alpha value is -0.860. The van der Waals surface area contributed by atoms with Gasteiger partial charge >= 0.3 is 0 Å². The molecule has 1 aliphatic rings. The maximum atomic E-state index is 5.73. The van der Waals surface area contributed by atoms with Crippen LogP contribution in [0.3, 0.4) is 0 Å². The van der Waals surface area contributed by atoms with Gasteiger partial charge < -0.3 is 5.73 Å². The van der Waals surface area contributed by atoms with Crippen LogP contribution in [0.4, 0.5) is 0 Å². The van der Waals surface area contributed by atoms with Crippen LogP contribution in [0.25, 0.3) is 0 Å². The molecule has 1 atom stereocenters. The molecule has 0 saturated carbocycles. The van der Waals surface area contributed by atoms with Crippen molar-refractivity contribution in [2.24, 2.45) is 11.7 Å². The first kappa shape index (κ1) is 12.6. The average Bonchev–Trinajstić information content (AvgIpc) is 2.39. The molecule has 1 unspecified atom stereocenters. The van der Waals surface area contributed by atoms with Crippen molar-refractivity contribution in [3.05, 3.63) is 35.4 Å². The standard InChI is InChI=1S/C15H24N2/c1-12-3-5-15(6-4-12)13(2)17-9-7-14(11-16)8-10-17/h3-6,13-14H,7-11,16H2,1-2H3. The minimum absolute atomic E-state index is 0.536. The lowest BCUT2D eigenvalue weighted by Gasteiger charge is -2.36. The molecule has 17 heavy (non-hydrogen) atoms. The highest BCUT2D eigenvalue weighted by Gasteiger charge is 2.22. The van der Waals surface area contributed by atoms with Crippen molar-refractivity contribution in [3.8, 4) is 0 Å². The first-order chi connectivity index (χ1) is 8.20. The summed E-state index contributed by atoms with van der Waals surface area (Å²) in [6.45, 7) is 7.69. The van der Waals surface area contributed by atoms with E-state index in [0.29, 0.717) is 6.04 Å². The third-order valence-corrected chi connectivity index (χ3v) is 4.09. The number of aryl methyl sites for hydroxylation is 1. The second-order valence-corrected chi connectivity index (χ2v) is 5.30. The van der Waals surface area contributed by atoms with Crippen molar-refractivity contribution in [3.63, 3.8) is 0 Å². The van der Waals surface area contributed by atoms with E-state index >= 15 is 0 Å². The molecule has 1 aliphatic heterocycles. The second-order valence-electron chi connectivity index (χ2n) is 5.30. The van der Waals surface area contributed by atoms with Crippen molar-refractivity contribution in [2.45, 2.75) is 32.7 Å². The molecule has 1 aromatic carbocycles. The van der Waals surface area contributed by atoms with Gasteiger partial charge in [0.15, 0.2) is 0 Å². The molecule has 2 rings (SSSR count). The third kappa shape index (κ3) is 3.08. The number of hydrogen-bond donors (Lipinski definition) is 1. The Morgan fingerprint density at radius 3 is 2.35 bits per heavy atom. The van der Waals surface area contributed by atoms with Crippen LogP contribution >= 0.6 is 0 Å².